The second-order valence-electron chi connectivity index (χ2n) is 14.9. The Morgan fingerprint density at radius 3 is 2.09 bits per heavy atom. The molecule has 2 atom stereocenters. The minimum Gasteiger partial charge on any atom is -0.333 e. The van der Waals surface area contributed by atoms with Crippen LogP contribution in [-0.2, 0) is 5.41 Å². The number of fused-ring (bicyclic) bond motifs is 4. The van der Waals surface area contributed by atoms with Crippen LogP contribution < -0.4 is 9.80 Å². The van der Waals surface area contributed by atoms with Gasteiger partial charge in [0.25, 0.3) is 0 Å². The van der Waals surface area contributed by atoms with Crippen molar-refractivity contribution >= 4 is 39.6 Å². The number of allylic oxidation sites excluding steroid dienone is 6. The highest BCUT2D eigenvalue weighted by molar-refractivity contribution is 5.95. The summed E-state index contributed by atoms with van der Waals surface area (Å²) in [6.45, 7) is 9.14. The van der Waals surface area contributed by atoms with Gasteiger partial charge in [-0.1, -0.05) is 141 Å². The molecule has 3 aliphatic rings. The Kier molecular flexibility index (Phi) is 8.12. The highest BCUT2D eigenvalue weighted by atomic mass is 15.2. The van der Waals surface area contributed by atoms with Gasteiger partial charge in [0.2, 0.25) is 0 Å². The summed E-state index contributed by atoms with van der Waals surface area (Å²) < 4.78 is 0. The third kappa shape index (κ3) is 5.40. The van der Waals surface area contributed by atoms with E-state index in [4.69, 9.17) is 0 Å². The van der Waals surface area contributed by atoms with Crippen molar-refractivity contribution in [3.63, 3.8) is 0 Å². The molecule has 0 fully saturated rings. The van der Waals surface area contributed by atoms with E-state index >= 15 is 0 Å². The van der Waals surface area contributed by atoms with Crippen molar-refractivity contribution in [1.82, 2.24) is 0 Å². The lowest BCUT2D eigenvalue weighted by atomic mass is 9.80. The fraction of sp³-hybridized carbons (Fsp3) is 0.137. The van der Waals surface area contributed by atoms with Crippen LogP contribution in [0.15, 0.2) is 188 Å². The van der Waals surface area contributed by atoms with Crippen LogP contribution >= 0.6 is 0 Å². The lowest BCUT2D eigenvalue weighted by Crippen LogP contribution is -2.30. The van der Waals surface area contributed by atoms with Crippen molar-refractivity contribution in [1.29, 1.82) is 0 Å². The summed E-state index contributed by atoms with van der Waals surface area (Å²) in [7, 11) is 0. The number of hydrogen-bond acceptors (Lipinski definition) is 2. The van der Waals surface area contributed by atoms with Gasteiger partial charge in [0.05, 0.1) is 11.7 Å². The number of rotatable bonds is 7. The summed E-state index contributed by atoms with van der Waals surface area (Å²) in [6, 6.07) is 55.8. The standard InChI is InChI=1S/C51H44N2/c1-5-19-44-35(2)49-45(51(44,3)4)28-18-31-47(49)52(39-22-11-7-12-23-39)41-33-37(36-20-9-6-10-21-36)32-38(34-41)42-27-17-30-48-50(42)43-26-15-16-29-46(43)53(48)40-24-13-8-14-25-40/h5-34,48,50H,1-4H3/b19-5-. The predicted molar refractivity (Wildman–Crippen MR) is 226 cm³/mol. The lowest BCUT2D eigenvalue weighted by Gasteiger charge is -2.33. The van der Waals surface area contributed by atoms with Crippen molar-refractivity contribution in [2.75, 3.05) is 9.80 Å². The molecule has 6 aromatic carbocycles. The zero-order chi connectivity index (χ0) is 36.1. The van der Waals surface area contributed by atoms with E-state index in [1.165, 1.54) is 67.2 Å². The third-order valence-electron chi connectivity index (χ3n) is 11.5. The molecule has 1 heterocycles. The summed E-state index contributed by atoms with van der Waals surface area (Å²) in [6.07, 6.45) is 11.5. The highest BCUT2D eigenvalue weighted by Gasteiger charge is 2.42. The quantitative estimate of drug-likeness (QED) is 0.165. The molecule has 258 valence electrons. The van der Waals surface area contributed by atoms with E-state index in [1.54, 1.807) is 0 Å². The zero-order valence-corrected chi connectivity index (χ0v) is 30.9. The molecule has 0 saturated carbocycles. The number of para-hydroxylation sites is 3. The van der Waals surface area contributed by atoms with Gasteiger partial charge in [0.1, 0.15) is 0 Å². The van der Waals surface area contributed by atoms with Crippen LogP contribution in [0.3, 0.4) is 0 Å². The number of nitrogens with zero attached hydrogens (tertiary/aromatic N) is 2. The van der Waals surface area contributed by atoms with Crippen molar-refractivity contribution in [2.45, 2.75) is 45.1 Å². The molecule has 0 N–H and O–H groups in total. The van der Waals surface area contributed by atoms with Gasteiger partial charge in [0.15, 0.2) is 0 Å². The van der Waals surface area contributed by atoms with E-state index in [-0.39, 0.29) is 17.4 Å². The van der Waals surface area contributed by atoms with E-state index in [1.807, 2.05) is 0 Å². The number of anilines is 5. The van der Waals surface area contributed by atoms with E-state index in [0.29, 0.717) is 0 Å². The van der Waals surface area contributed by atoms with Gasteiger partial charge in [-0.3, -0.25) is 0 Å². The molecule has 0 saturated heterocycles. The largest absolute Gasteiger partial charge is 0.333 e. The van der Waals surface area contributed by atoms with Crippen LogP contribution in [0, 0.1) is 0 Å². The number of hydrogen-bond donors (Lipinski definition) is 0. The first-order valence-electron chi connectivity index (χ1n) is 18.8. The zero-order valence-electron chi connectivity index (χ0n) is 30.9. The second-order valence-corrected chi connectivity index (χ2v) is 14.9. The molecule has 2 heteroatoms. The van der Waals surface area contributed by atoms with Crippen molar-refractivity contribution in [3.8, 4) is 11.1 Å². The molecule has 53 heavy (non-hydrogen) atoms. The predicted octanol–water partition coefficient (Wildman–Crippen LogP) is 13.7. The van der Waals surface area contributed by atoms with Gasteiger partial charge < -0.3 is 9.80 Å². The minimum absolute atomic E-state index is 0.101. The maximum absolute atomic E-state index is 2.52. The average molecular weight is 685 g/mol. The van der Waals surface area contributed by atoms with Crippen LogP contribution in [0.25, 0.3) is 22.3 Å². The van der Waals surface area contributed by atoms with Crippen LogP contribution in [0.5, 0.6) is 0 Å². The Morgan fingerprint density at radius 2 is 1.34 bits per heavy atom. The molecule has 6 aromatic rings. The van der Waals surface area contributed by atoms with Gasteiger partial charge in [-0.2, -0.15) is 0 Å². The molecule has 9 rings (SSSR count). The smallest absolute Gasteiger partial charge is 0.0635 e. The maximum atomic E-state index is 2.52. The molecule has 2 nitrogen and oxygen atoms in total. The molecule has 0 bridgehead atoms. The molecule has 2 unspecified atom stereocenters. The minimum atomic E-state index is -0.101. The van der Waals surface area contributed by atoms with Crippen LogP contribution in [0.4, 0.5) is 28.4 Å². The fourth-order valence-electron chi connectivity index (χ4n) is 9.16. The van der Waals surface area contributed by atoms with Crippen molar-refractivity contribution in [2.24, 2.45) is 0 Å². The van der Waals surface area contributed by atoms with Crippen molar-refractivity contribution < 1.29 is 0 Å². The van der Waals surface area contributed by atoms with E-state index < -0.39 is 0 Å². The summed E-state index contributed by atoms with van der Waals surface area (Å²) in [5.74, 6) is 0.177. The Hall–Kier alpha value is -6.12. The first kappa shape index (κ1) is 32.8. The lowest BCUT2D eigenvalue weighted by molar-refractivity contribution is 0.654. The van der Waals surface area contributed by atoms with Crippen molar-refractivity contribution in [3.05, 3.63) is 210 Å². The SMILES string of the molecule is C/C=C\C1=C(C)c2c(N(c3ccccc3)c3cc(C4=CC=CC5C4c4ccccc4N5c4ccccc4)cc(-c4ccccc4)c3)cccc2C1(C)C. The Morgan fingerprint density at radius 1 is 0.660 bits per heavy atom. The van der Waals surface area contributed by atoms with Gasteiger partial charge in [-0.25, -0.2) is 0 Å². The number of benzene rings is 6. The van der Waals surface area contributed by atoms with Crippen LogP contribution in [0.2, 0.25) is 0 Å². The molecule has 2 aliphatic carbocycles. The Bertz CT molecular complexity index is 2450. The molecular weight excluding hydrogens is 641 g/mol. The summed E-state index contributed by atoms with van der Waals surface area (Å²) in [5, 5.41) is 0. The first-order valence-corrected chi connectivity index (χ1v) is 18.8. The molecule has 0 aromatic heterocycles. The fourth-order valence-corrected chi connectivity index (χ4v) is 9.16. The van der Waals surface area contributed by atoms with E-state index in [9.17, 15) is 0 Å². The molecule has 0 amide bonds. The summed E-state index contributed by atoms with van der Waals surface area (Å²) in [5.41, 5.74) is 17.6. The van der Waals surface area contributed by atoms with Gasteiger partial charge >= 0.3 is 0 Å². The normalized spacial score (nSPS) is 18.2. The van der Waals surface area contributed by atoms with Gasteiger partial charge in [-0.05, 0) is 113 Å². The monoisotopic (exact) mass is 684 g/mol. The van der Waals surface area contributed by atoms with Gasteiger partial charge in [0, 0.05) is 39.6 Å². The Balaban J connectivity index is 1.27. The molecule has 0 spiro atoms. The third-order valence-corrected chi connectivity index (χ3v) is 11.5. The topological polar surface area (TPSA) is 6.48 Å². The van der Waals surface area contributed by atoms with Crippen LogP contribution in [-0.4, -0.2) is 6.04 Å². The first-order chi connectivity index (χ1) is 26.0. The molecule has 1 aliphatic heterocycles. The summed E-state index contributed by atoms with van der Waals surface area (Å²) >= 11 is 0. The summed E-state index contributed by atoms with van der Waals surface area (Å²) in [4.78, 5) is 5.01. The van der Waals surface area contributed by atoms with E-state index in [0.717, 1.165) is 11.4 Å². The molecular formula is C51H44N2. The molecule has 0 radical (unpaired) electrons. The van der Waals surface area contributed by atoms with Gasteiger partial charge in [-0.15, -0.1) is 0 Å². The van der Waals surface area contributed by atoms with Crippen LogP contribution in [0.1, 0.15) is 55.9 Å². The van der Waals surface area contributed by atoms with E-state index in [2.05, 4.69) is 220 Å². The second kappa shape index (κ2) is 13.1. The Labute approximate surface area is 314 Å². The maximum Gasteiger partial charge on any atom is 0.0635 e. The highest BCUT2D eigenvalue weighted by Crippen LogP contribution is 2.55. The average Bonchev–Trinajstić information content (AvgIpc) is 3.64.